The third kappa shape index (κ3) is 4.98. The Kier molecular flexibility index (Phi) is 6.01. The van der Waals surface area contributed by atoms with Crippen LogP contribution >= 0.6 is 50.9 Å². The first kappa shape index (κ1) is 18.3. The van der Waals surface area contributed by atoms with Gasteiger partial charge in [0.15, 0.2) is 0 Å². The fourth-order valence-electron chi connectivity index (χ4n) is 1.88. The summed E-state index contributed by atoms with van der Waals surface area (Å²) in [4.78, 5) is 12.0. The molecule has 5 nitrogen and oxygen atoms in total. The summed E-state index contributed by atoms with van der Waals surface area (Å²) in [5.41, 5.74) is 1.30. The van der Waals surface area contributed by atoms with E-state index in [-0.39, 0.29) is 11.7 Å². The lowest BCUT2D eigenvalue weighted by Gasteiger charge is -2.06. The van der Waals surface area contributed by atoms with Crippen molar-refractivity contribution in [3.8, 4) is 11.5 Å². The Hall–Kier alpha value is -1.54. The van der Waals surface area contributed by atoms with E-state index in [1.54, 1.807) is 18.2 Å². The van der Waals surface area contributed by atoms with E-state index >= 15 is 0 Å². The van der Waals surface area contributed by atoms with Gasteiger partial charge >= 0.3 is 0 Å². The fraction of sp³-hybridized carbons (Fsp3) is 0.0625. The van der Waals surface area contributed by atoms with Gasteiger partial charge in [0.05, 0.1) is 16.5 Å². The third-order valence-corrected chi connectivity index (χ3v) is 4.92. The Labute approximate surface area is 166 Å². The average molecular weight is 459 g/mol. The van der Waals surface area contributed by atoms with E-state index < -0.39 is 0 Å². The van der Waals surface area contributed by atoms with E-state index in [1.165, 1.54) is 0 Å². The highest BCUT2D eigenvalue weighted by molar-refractivity contribution is 9.10. The lowest BCUT2D eigenvalue weighted by Crippen LogP contribution is -2.14. The van der Waals surface area contributed by atoms with Crippen LogP contribution in [0.2, 0.25) is 10.0 Å². The maximum atomic E-state index is 12.0. The van der Waals surface area contributed by atoms with Crippen LogP contribution in [0.5, 0.6) is 0 Å². The van der Waals surface area contributed by atoms with Crippen molar-refractivity contribution in [2.75, 3.05) is 11.1 Å². The lowest BCUT2D eigenvalue weighted by molar-refractivity contribution is -0.113. The molecule has 0 saturated heterocycles. The van der Waals surface area contributed by atoms with Crippen LogP contribution in [-0.2, 0) is 4.79 Å². The molecule has 0 aliphatic carbocycles. The molecule has 0 saturated carbocycles. The minimum Gasteiger partial charge on any atom is -0.411 e. The molecule has 9 heteroatoms. The van der Waals surface area contributed by atoms with E-state index in [1.807, 2.05) is 24.3 Å². The Balaban J connectivity index is 1.58. The maximum Gasteiger partial charge on any atom is 0.277 e. The second kappa shape index (κ2) is 8.23. The zero-order valence-electron chi connectivity index (χ0n) is 12.5. The van der Waals surface area contributed by atoms with Crippen LogP contribution in [0.1, 0.15) is 0 Å². The molecule has 1 amide bonds. The Morgan fingerprint density at radius 1 is 1.16 bits per heavy atom. The van der Waals surface area contributed by atoms with Crippen LogP contribution in [0.4, 0.5) is 5.69 Å². The molecule has 1 N–H and O–H groups in total. The zero-order chi connectivity index (χ0) is 17.8. The van der Waals surface area contributed by atoms with Crippen molar-refractivity contribution in [3.63, 3.8) is 0 Å². The highest BCUT2D eigenvalue weighted by Crippen LogP contribution is 2.27. The number of rotatable bonds is 5. The minimum absolute atomic E-state index is 0.112. The van der Waals surface area contributed by atoms with E-state index in [2.05, 4.69) is 31.4 Å². The molecular formula is C16H10BrCl2N3O2S. The van der Waals surface area contributed by atoms with Crippen LogP contribution in [0.15, 0.2) is 56.6 Å². The maximum absolute atomic E-state index is 12.0. The first-order valence-electron chi connectivity index (χ1n) is 6.98. The Morgan fingerprint density at radius 3 is 2.64 bits per heavy atom. The normalized spacial score (nSPS) is 10.7. The smallest absolute Gasteiger partial charge is 0.277 e. The number of hydrogen-bond donors (Lipinski definition) is 1. The number of anilines is 1. The highest BCUT2D eigenvalue weighted by Gasteiger charge is 2.12. The standard InChI is InChI=1S/C16H10BrCl2N3O2S/c17-10-3-1-9(2-4-10)15-21-22-16(24-15)25-8-14(23)20-13-6-5-11(18)7-12(13)19/h1-7H,8H2,(H,20,23). The molecule has 3 aromatic rings. The van der Waals surface area contributed by atoms with Crippen LogP contribution in [0.25, 0.3) is 11.5 Å². The molecule has 3 rings (SSSR count). The highest BCUT2D eigenvalue weighted by atomic mass is 79.9. The molecule has 1 aromatic heterocycles. The van der Waals surface area contributed by atoms with Gasteiger partial charge in [0.1, 0.15) is 0 Å². The first-order valence-corrected chi connectivity index (χ1v) is 9.52. The van der Waals surface area contributed by atoms with Crippen LogP contribution in [0.3, 0.4) is 0 Å². The first-order chi connectivity index (χ1) is 12.0. The quantitative estimate of drug-likeness (QED) is 0.508. The molecule has 25 heavy (non-hydrogen) atoms. The second-order valence-corrected chi connectivity index (χ2v) is 7.53. The van der Waals surface area contributed by atoms with Crippen molar-refractivity contribution in [1.82, 2.24) is 10.2 Å². The predicted octanol–water partition coefficient (Wildman–Crippen LogP) is 5.54. The summed E-state index contributed by atoms with van der Waals surface area (Å²) in [6, 6.07) is 12.4. The second-order valence-electron chi connectivity index (χ2n) is 4.84. The summed E-state index contributed by atoms with van der Waals surface area (Å²) in [5.74, 6) is 0.273. The summed E-state index contributed by atoms with van der Waals surface area (Å²) >= 11 is 16.4. The van der Waals surface area contributed by atoms with Gasteiger partial charge in [0.25, 0.3) is 5.22 Å². The molecule has 0 bridgehead atoms. The predicted molar refractivity (Wildman–Crippen MR) is 103 cm³/mol. The Bertz CT molecular complexity index is 903. The molecule has 0 radical (unpaired) electrons. The van der Waals surface area contributed by atoms with Crippen LogP contribution in [-0.4, -0.2) is 21.9 Å². The number of carbonyl (C=O) groups is 1. The third-order valence-electron chi connectivity index (χ3n) is 3.03. The summed E-state index contributed by atoms with van der Waals surface area (Å²) in [6.07, 6.45) is 0. The number of benzene rings is 2. The van der Waals surface area contributed by atoms with Crippen LogP contribution < -0.4 is 5.32 Å². The van der Waals surface area contributed by atoms with Gasteiger partial charge in [-0.2, -0.15) is 0 Å². The van der Waals surface area contributed by atoms with E-state index in [4.69, 9.17) is 27.6 Å². The van der Waals surface area contributed by atoms with E-state index in [9.17, 15) is 4.79 Å². The number of nitrogens with zero attached hydrogens (tertiary/aromatic N) is 2. The molecule has 0 fully saturated rings. The molecule has 1 heterocycles. The number of aromatic nitrogens is 2. The molecule has 128 valence electrons. The number of halogens is 3. The number of thioether (sulfide) groups is 1. The van der Waals surface area contributed by atoms with Crippen molar-refractivity contribution >= 4 is 62.5 Å². The number of hydrogen-bond acceptors (Lipinski definition) is 5. The van der Waals surface area contributed by atoms with E-state index in [0.29, 0.717) is 26.8 Å². The van der Waals surface area contributed by atoms with Gasteiger partial charge in [-0.25, -0.2) is 0 Å². The van der Waals surface area contributed by atoms with Gasteiger partial charge in [-0.05, 0) is 42.5 Å². The molecule has 0 spiro atoms. The summed E-state index contributed by atoms with van der Waals surface area (Å²) in [6.45, 7) is 0. The van der Waals surface area contributed by atoms with Gasteiger partial charge in [0, 0.05) is 15.1 Å². The van der Waals surface area contributed by atoms with Gasteiger partial charge < -0.3 is 9.73 Å². The molecule has 2 aromatic carbocycles. The van der Waals surface area contributed by atoms with Gasteiger partial charge in [-0.15, -0.1) is 10.2 Å². The Morgan fingerprint density at radius 2 is 1.92 bits per heavy atom. The number of nitrogens with one attached hydrogen (secondary N) is 1. The van der Waals surface area contributed by atoms with E-state index in [0.717, 1.165) is 21.8 Å². The summed E-state index contributed by atoms with van der Waals surface area (Å²) in [7, 11) is 0. The van der Waals surface area contributed by atoms with Crippen molar-refractivity contribution in [2.24, 2.45) is 0 Å². The van der Waals surface area contributed by atoms with Gasteiger partial charge in [-0.1, -0.05) is 50.9 Å². The van der Waals surface area contributed by atoms with Crippen molar-refractivity contribution in [3.05, 3.63) is 57.0 Å². The van der Waals surface area contributed by atoms with Crippen molar-refractivity contribution < 1.29 is 9.21 Å². The molecular weight excluding hydrogens is 449 g/mol. The molecule has 0 unspecified atom stereocenters. The zero-order valence-corrected chi connectivity index (χ0v) is 16.4. The molecule has 0 aliphatic rings. The number of carbonyl (C=O) groups excluding carboxylic acids is 1. The fourth-order valence-corrected chi connectivity index (χ4v) is 3.16. The SMILES string of the molecule is O=C(CSc1nnc(-c2ccc(Br)cc2)o1)Nc1ccc(Cl)cc1Cl. The van der Waals surface area contributed by atoms with Gasteiger partial charge in [0.2, 0.25) is 11.8 Å². The lowest BCUT2D eigenvalue weighted by atomic mass is 10.2. The topological polar surface area (TPSA) is 68.0 Å². The summed E-state index contributed by atoms with van der Waals surface area (Å²) < 4.78 is 6.51. The molecule has 0 atom stereocenters. The summed E-state index contributed by atoms with van der Waals surface area (Å²) in [5, 5.41) is 11.8. The average Bonchev–Trinajstić information content (AvgIpc) is 3.05. The van der Waals surface area contributed by atoms with Gasteiger partial charge in [-0.3, -0.25) is 4.79 Å². The van der Waals surface area contributed by atoms with Crippen molar-refractivity contribution in [2.45, 2.75) is 5.22 Å². The minimum atomic E-state index is -0.238. The van der Waals surface area contributed by atoms with Crippen LogP contribution in [0, 0.1) is 0 Å². The monoisotopic (exact) mass is 457 g/mol. The van der Waals surface area contributed by atoms with Crippen molar-refractivity contribution in [1.29, 1.82) is 0 Å². The number of amides is 1. The molecule has 0 aliphatic heterocycles. The largest absolute Gasteiger partial charge is 0.411 e.